The minimum absolute atomic E-state index is 0.0149. The molecule has 0 amide bonds. The molecule has 2 heterocycles. The number of rotatable bonds is 8. The van der Waals surface area contributed by atoms with Gasteiger partial charge in [-0.15, -0.1) is 11.3 Å². The van der Waals surface area contributed by atoms with Gasteiger partial charge in [-0.2, -0.15) is 21.8 Å². The van der Waals surface area contributed by atoms with Gasteiger partial charge in [0.2, 0.25) is 10.0 Å². The second-order valence-electron chi connectivity index (χ2n) is 9.68. The maximum Gasteiger partial charge on any atom is 0.421 e. The smallest absolute Gasteiger partial charge is 0.376 e. The summed E-state index contributed by atoms with van der Waals surface area (Å²) < 4.78 is 94.5. The first-order chi connectivity index (χ1) is 17.1. The molecule has 0 bridgehead atoms. The Labute approximate surface area is 219 Å². The monoisotopic (exact) mass is 581 g/mol. The first kappa shape index (κ1) is 28.3. The third kappa shape index (κ3) is 5.69. The summed E-state index contributed by atoms with van der Waals surface area (Å²) in [5, 5.41) is 11.7. The van der Waals surface area contributed by atoms with Gasteiger partial charge < -0.3 is 10.0 Å². The number of benzene rings is 1. The number of sulfonamides is 2. The van der Waals surface area contributed by atoms with E-state index in [9.17, 15) is 35.1 Å². The fourth-order valence-corrected chi connectivity index (χ4v) is 8.47. The first-order valence-corrected chi connectivity index (χ1v) is 16.0. The SMILES string of the molecule is CC(O)(c1ccc(N2CCN(S(=O)(=O)c3cccs3)C[C@@H]2CN(C2CCC2)S(C)(=O)=O)cc1)C(F)(F)F. The summed E-state index contributed by atoms with van der Waals surface area (Å²) in [6, 6.07) is 7.69. The van der Waals surface area contributed by atoms with Gasteiger partial charge in [0, 0.05) is 37.9 Å². The van der Waals surface area contributed by atoms with Crippen LogP contribution in [0.5, 0.6) is 0 Å². The van der Waals surface area contributed by atoms with Crippen LogP contribution in [-0.2, 0) is 25.6 Å². The Morgan fingerprint density at radius 2 is 1.73 bits per heavy atom. The largest absolute Gasteiger partial charge is 0.421 e. The fourth-order valence-electron chi connectivity index (χ4n) is 4.66. The van der Waals surface area contributed by atoms with Crippen LogP contribution >= 0.6 is 11.3 Å². The summed E-state index contributed by atoms with van der Waals surface area (Å²) in [5.74, 6) is 0. The van der Waals surface area contributed by atoms with E-state index in [1.54, 1.807) is 11.4 Å². The molecule has 206 valence electrons. The lowest BCUT2D eigenvalue weighted by atomic mass is 9.92. The van der Waals surface area contributed by atoms with Gasteiger partial charge in [0.1, 0.15) is 4.21 Å². The van der Waals surface area contributed by atoms with Gasteiger partial charge in [-0.3, -0.25) is 0 Å². The zero-order valence-electron chi connectivity index (χ0n) is 20.4. The topological polar surface area (TPSA) is 98.2 Å². The molecule has 8 nitrogen and oxygen atoms in total. The molecule has 1 aliphatic carbocycles. The molecule has 37 heavy (non-hydrogen) atoms. The van der Waals surface area contributed by atoms with Gasteiger partial charge in [0.25, 0.3) is 10.0 Å². The van der Waals surface area contributed by atoms with Crippen LogP contribution in [0.25, 0.3) is 0 Å². The van der Waals surface area contributed by atoms with Crippen LogP contribution in [0.4, 0.5) is 18.9 Å². The van der Waals surface area contributed by atoms with Gasteiger partial charge >= 0.3 is 6.18 Å². The van der Waals surface area contributed by atoms with Gasteiger partial charge in [0.05, 0.1) is 12.3 Å². The molecule has 2 atom stereocenters. The molecule has 1 aromatic heterocycles. The lowest BCUT2D eigenvalue weighted by molar-refractivity contribution is -0.258. The van der Waals surface area contributed by atoms with E-state index in [0.717, 1.165) is 36.9 Å². The first-order valence-electron chi connectivity index (χ1n) is 11.8. The van der Waals surface area contributed by atoms with Crippen LogP contribution in [0.15, 0.2) is 46.0 Å². The summed E-state index contributed by atoms with van der Waals surface area (Å²) in [6.07, 6.45) is -1.38. The number of aliphatic hydroxyl groups is 1. The highest BCUT2D eigenvalue weighted by Crippen LogP contribution is 2.39. The predicted octanol–water partition coefficient (Wildman–Crippen LogP) is 3.21. The van der Waals surface area contributed by atoms with Crippen molar-refractivity contribution in [1.29, 1.82) is 0 Å². The molecule has 1 saturated heterocycles. The van der Waals surface area contributed by atoms with Crippen LogP contribution in [0.3, 0.4) is 0 Å². The molecule has 1 aromatic carbocycles. The van der Waals surface area contributed by atoms with Crippen molar-refractivity contribution in [3.05, 3.63) is 47.3 Å². The van der Waals surface area contributed by atoms with Crippen molar-refractivity contribution >= 4 is 37.1 Å². The zero-order chi connectivity index (χ0) is 27.2. The van der Waals surface area contributed by atoms with Gasteiger partial charge in [-0.25, -0.2) is 16.8 Å². The molecule has 14 heteroatoms. The molecule has 2 aliphatic rings. The summed E-state index contributed by atoms with van der Waals surface area (Å²) in [6.45, 7) is 1.08. The second-order valence-corrected chi connectivity index (χ2v) is 14.7. The van der Waals surface area contributed by atoms with E-state index >= 15 is 0 Å². The third-order valence-corrected chi connectivity index (χ3v) is 11.7. The number of anilines is 1. The van der Waals surface area contributed by atoms with Crippen molar-refractivity contribution in [3.63, 3.8) is 0 Å². The molecule has 4 rings (SSSR count). The standard InChI is InChI=1S/C23H30F3N3O5S3/c1-22(30,23(24,25)26)17-8-10-18(11-9-17)28-13-12-27(37(33,34)21-7-4-14-35-21)15-20(28)16-29(36(2,31)32)19-5-3-6-19/h4,7-11,14,19-20,30H,3,5-6,12-13,15-16H2,1-2H3/t20-,22?/m1/s1. The van der Waals surface area contributed by atoms with Crippen LogP contribution in [0.1, 0.15) is 31.7 Å². The summed E-state index contributed by atoms with van der Waals surface area (Å²) >= 11 is 1.10. The quantitative estimate of drug-likeness (QED) is 0.514. The molecule has 1 unspecified atom stereocenters. The highest BCUT2D eigenvalue weighted by Gasteiger charge is 2.51. The van der Waals surface area contributed by atoms with Crippen LogP contribution in [0, 0.1) is 0 Å². The number of nitrogens with zero attached hydrogens (tertiary/aromatic N) is 3. The van der Waals surface area contributed by atoms with E-state index in [1.165, 1.54) is 38.9 Å². The number of thiophene rings is 1. The molecule has 1 saturated carbocycles. The molecule has 1 N–H and O–H groups in total. The average Bonchev–Trinajstić information content (AvgIpc) is 3.32. The maximum atomic E-state index is 13.3. The number of alkyl halides is 3. The fraction of sp³-hybridized carbons (Fsp3) is 0.565. The van der Waals surface area contributed by atoms with Crippen molar-refractivity contribution in [1.82, 2.24) is 8.61 Å². The zero-order valence-corrected chi connectivity index (χ0v) is 22.9. The highest BCUT2D eigenvalue weighted by molar-refractivity contribution is 7.91. The van der Waals surface area contributed by atoms with Crippen molar-refractivity contribution in [2.45, 2.75) is 54.3 Å². The lowest BCUT2D eigenvalue weighted by Gasteiger charge is -2.45. The van der Waals surface area contributed by atoms with Crippen LogP contribution in [-0.4, -0.2) is 81.2 Å². The Morgan fingerprint density at radius 3 is 2.22 bits per heavy atom. The molecule has 2 fully saturated rings. The number of piperazine rings is 1. The van der Waals surface area contributed by atoms with E-state index in [4.69, 9.17) is 0 Å². The summed E-state index contributed by atoms with van der Waals surface area (Å²) in [5.41, 5.74) is -2.84. The average molecular weight is 582 g/mol. The minimum Gasteiger partial charge on any atom is -0.376 e. The number of halogens is 3. The summed E-state index contributed by atoms with van der Waals surface area (Å²) in [7, 11) is -7.37. The lowest BCUT2D eigenvalue weighted by Crippen LogP contribution is -2.60. The van der Waals surface area contributed by atoms with E-state index in [0.29, 0.717) is 12.6 Å². The van der Waals surface area contributed by atoms with E-state index in [1.807, 2.05) is 4.90 Å². The third-order valence-electron chi connectivity index (χ3n) is 7.15. The van der Waals surface area contributed by atoms with Crippen LogP contribution in [0.2, 0.25) is 0 Å². The number of hydrogen-bond donors (Lipinski definition) is 1. The normalized spacial score (nSPS) is 22.1. The second kappa shape index (κ2) is 10.1. The number of hydrogen-bond acceptors (Lipinski definition) is 7. The Kier molecular flexibility index (Phi) is 7.74. The Hall–Kier alpha value is -1.71. The van der Waals surface area contributed by atoms with E-state index < -0.39 is 37.9 Å². The Bertz CT molecular complexity index is 1290. The van der Waals surface area contributed by atoms with Gasteiger partial charge in [-0.1, -0.05) is 24.6 Å². The molecular weight excluding hydrogens is 551 g/mol. The van der Waals surface area contributed by atoms with E-state index in [-0.39, 0.29) is 42.0 Å². The van der Waals surface area contributed by atoms with Gasteiger partial charge in [-0.05, 0) is 48.9 Å². The molecule has 0 radical (unpaired) electrons. The summed E-state index contributed by atoms with van der Waals surface area (Å²) in [4.78, 5) is 1.84. The van der Waals surface area contributed by atoms with E-state index in [2.05, 4.69) is 0 Å². The minimum atomic E-state index is -4.86. The Balaban J connectivity index is 1.65. The molecule has 2 aromatic rings. The molecular formula is C23H30F3N3O5S3. The molecule has 1 aliphatic heterocycles. The van der Waals surface area contributed by atoms with Crippen molar-refractivity contribution in [2.75, 3.05) is 37.3 Å². The van der Waals surface area contributed by atoms with Crippen LogP contribution < -0.4 is 4.90 Å². The van der Waals surface area contributed by atoms with Crippen molar-refractivity contribution in [2.24, 2.45) is 0 Å². The van der Waals surface area contributed by atoms with Crippen molar-refractivity contribution in [3.8, 4) is 0 Å². The maximum absolute atomic E-state index is 13.3. The Morgan fingerprint density at radius 1 is 1.08 bits per heavy atom. The molecule has 0 spiro atoms. The van der Waals surface area contributed by atoms with Crippen molar-refractivity contribution < 1.29 is 35.1 Å². The predicted molar refractivity (Wildman–Crippen MR) is 135 cm³/mol. The highest BCUT2D eigenvalue weighted by atomic mass is 32.2. The van der Waals surface area contributed by atoms with Gasteiger partial charge in [0.15, 0.2) is 5.60 Å².